The molecule has 1 aliphatic rings. The van der Waals surface area contributed by atoms with Crippen LogP contribution in [0.3, 0.4) is 0 Å². The van der Waals surface area contributed by atoms with E-state index in [1.165, 1.54) is 0 Å². The van der Waals surface area contributed by atoms with Crippen LogP contribution in [0, 0.1) is 5.41 Å². The number of nitrogens with one attached hydrogen (secondary N) is 1. The summed E-state index contributed by atoms with van der Waals surface area (Å²) >= 11 is 0. The van der Waals surface area contributed by atoms with Crippen LogP contribution in [0.1, 0.15) is 33.6 Å². The predicted octanol–water partition coefficient (Wildman–Crippen LogP) is 1.18. The Morgan fingerprint density at radius 2 is 2.24 bits per heavy atom. The fourth-order valence-corrected chi connectivity index (χ4v) is 1.78. The smallest absolute Gasteiger partial charge is 0.0897 e. The van der Waals surface area contributed by atoms with E-state index in [4.69, 9.17) is 9.47 Å². The Balaban J connectivity index is 1.95. The van der Waals surface area contributed by atoms with Crippen molar-refractivity contribution in [1.82, 2.24) is 5.32 Å². The van der Waals surface area contributed by atoms with Crippen molar-refractivity contribution < 1.29 is 14.6 Å². The molecule has 0 spiro atoms. The zero-order valence-electron chi connectivity index (χ0n) is 11.4. The van der Waals surface area contributed by atoms with E-state index in [1.807, 2.05) is 0 Å². The highest BCUT2D eigenvalue weighted by Crippen LogP contribution is 2.12. The Morgan fingerprint density at radius 3 is 2.82 bits per heavy atom. The van der Waals surface area contributed by atoms with Crippen LogP contribution in [0.4, 0.5) is 0 Å². The summed E-state index contributed by atoms with van der Waals surface area (Å²) in [5.74, 6) is 0. The van der Waals surface area contributed by atoms with E-state index in [-0.39, 0.29) is 11.5 Å². The molecule has 0 aliphatic carbocycles. The second kappa shape index (κ2) is 7.31. The van der Waals surface area contributed by atoms with E-state index >= 15 is 0 Å². The third kappa shape index (κ3) is 7.71. The number of aliphatic hydroxyl groups is 1. The van der Waals surface area contributed by atoms with E-state index in [0.717, 1.165) is 26.0 Å². The molecule has 0 aromatic rings. The molecule has 2 atom stereocenters. The molecule has 2 unspecified atom stereocenters. The molecule has 4 heteroatoms. The molecule has 1 rings (SSSR count). The van der Waals surface area contributed by atoms with Crippen LogP contribution in [0.25, 0.3) is 0 Å². The van der Waals surface area contributed by atoms with Crippen LogP contribution in [0.5, 0.6) is 0 Å². The number of rotatable bonds is 7. The summed E-state index contributed by atoms with van der Waals surface area (Å²) in [5, 5.41) is 12.9. The Bertz CT molecular complexity index is 197. The van der Waals surface area contributed by atoms with Gasteiger partial charge in [-0.15, -0.1) is 0 Å². The second-order valence-electron chi connectivity index (χ2n) is 6.02. The molecule has 0 radical (unpaired) electrons. The van der Waals surface area contributed by atoms with Crippen LogP contribution in [-0.4, -0.2) is 50.2 Å². The molecule has 1 heterocycles. The molecule has 17 heavy (non-hydrogen) atoms. The van der Waals surface area contributed by atoms with Gasteiger partial charge in [0.15, 0.2) is 0 Å². The molecule has 0 bridgehead atoms. The van der Waals surface area contributed by atoms with Gasteiger partial charge in [0, 0.05) is 19.7 Å². The largest absolute Gasteiger partial charge is 0.389 e. The van der Waals surface area contributed by atoms with Crippen molar-refractivity contribution in [2.45, 2.75) is 45.8 Å². The zero-order chi connectivity index (χ0) is 12.7. The van der Waals surface area contributed by atoms with Gasteiger partial charge in [0.2, 0.25) is 0 Å². The van der Waals surface area contributed by atoms with Crippen molar-refractivity contribution in [2.75, 3.05) is 32.9 Å². The number of hydrogen-bond donors (Lipinski definition) is 2. The first-order chi connectivity index (χ1) is 7.97. The minimum absolute atomic E-state index is 0.240. The molecular weight excluding hydrogens is 218 g/mol. The van der Waals surface area contributed by atoms with Gasteiger partial charge >= 0.3 is 0 Å². The number of hydrogen-bond acceptors (Lipinski definition) is 4. The SMILES string of the molecule is CC(C)(C)CNCC(O)COCC1CCCO1. The first kappa shape index (κ1) is 14.9. The van der Waals surface area contributed by atoms with Gasteiger partial charge in [-0.3, -0.25) is 0 Å². The van der Waals surface area contributed by atoms with Gasteiger partial charge in [0.1, 0.15) is 0 Å². The van der Waals surface area contributed by atoms with Crippen LogP contribution < -0.4 is 5.32 Å². The topological polar surface area (TPSA) is 50.7 Å². The zero-order valence-corrected chi connectivity index (χ0v) is 11.4. The third-order valence-electron chi connectivity index (χ3n) is 2.67. The number of ether oxygens (including phenoxy) is 2. The van der Waals surface area contributed by atoms with Gasteiger partial charge in [-0.05, 0) is 18.3 Å². The predicted molar refractivity (Wildman–Crippen MR) is 68.1 cm³/mol. The van der Waals surface area contributed by atoms with E-state index in [2.05, 4.69) is 26.1 Å². The van der Waals surface area contributed by atoms with Crippen LogP contribution in [0.15, 0.2) is 0 Å². The summed E-state index contributed by atoms with van der Waals surface area (Å²) in [6.07, 6.45) is 2.02. The van der Waals surface area contributed by atoms with Crippen molar-refractivity contribution in [3.05, 3.63) is 0 Å². The lowest BCUT2D eigenvalue weighted by Crippen LogP contribution is -2.35. The van der Waals surface area contributed by atoms with Gasteiger partial charge in [0.05, 0.1) is 25.4 Å². The maximum Gasteiger partial charge on any atom is 0.0897 e. The van der Waals surface area contributed by atoms with Crippen LogP contribution >= 0.6 is 0 Å². The van der Waals surface area contributed by atoms with Gasteiger partial charge in [-0.2, -0.15) is 0 Å². The van der Waals surface area contributed by atoms with Gasteiger partial charge in [0.25, 0.3) is 0 Å². The van der Waals surface area contributed by atoms with Crippen molar-refractivity contribution >= 4 is 0 Å². The minimum atomic E-state index is -0.432. The Kier molecular flexibility index (Phi) is 6.41. The minimum Gasteiger partial charge on any atom is -0.389 e. The first-order valence-corrected chi connectivity index (χ1v) is 6.55. The standard InChI is InChI=1S/C13H27NO3/c1-13(2,3)10-14-7-11(15)8-16-9-12-5-4-6-17-12/h11-12,14-15H,4-10H2,1-3H3. The Hall–Kier alpha value is -0.160. The lowest BCUT2D eigenvalue weighted by atomic mass is 9.97. The highest BCUT2D eigenvalue weighted by Gasteiger charge is 2.16. The molecule has 1 fully saturated rings. The fourth-order valence-electron chi connectivity index (χ4n) is 1.78. The van der Waals surface area contributed by atoms with Crippen LogP contribution in [-0.2, 0) is 9.47 Å². The van der Waals surface area contributed by atoms with Crippen molar-refractivity contribution in [2.24, 2.45) is 5.41 Å². The molecule has 1 saturated heterocycles. The average molecular weight is 245 g/mol. The molecule has 102 valence electrons. The maximum absolute atomic E-state index is 9.69. The molecule has 2 N–H and O–H groups in total. The van der Waals surface area contributed by atoms with Crippen molar-refractivity contribution in [1.29, 1.82) is 0 Å². The summed E-state index contributed by atoms with van der Waals surface area (Å²) in [6.45, 7) is 9.83. The first-order valence-electron chi connectivity index (χ1n) is 6.55. The summed E-state index contributed by atoms with van der Waals surface area (Å²) in [5.41, 5.74) is 0.248. The average Bonchev–Trinajstić information content (AvgIpc) is 2.68. The van der Waals surface area contributed by atoms with E-state index in [1.54, 1.807) is 0 Å². The maximum atomic E-state index is 9.69. The highest BCUT2D eigenvalue weighted by atomic mass is 16.5. The summed E-state index contributed by atoms with van der Waals surface area (Å²) < 4.78 is 10.9. The fraction of sp³-hybridized carbons (Fsp3) is 1.00. The van der Waals surface area contributed by atoms with Crippen LogP contribution in [0.2, 0.25) is 0 Å². The van der Waals surface area contributed by atoms with Crippen molar-refractivity contribution in [3.63, 3.8) is 0 Å². The molecule has 0 aromatic carbocycles. The number of aliphatic hydroxyl groups excluding tert-OH is 1. The van der Waals surface area contributed by atoms with E-state index in [0.29, 0.717) is 19.8 Å². The molecule has 0 aromatic heterocycles. The summed E-state index contributed by atoms with van der Waals surface area (Å²) in [6, 6.07) is 0. The Morgan fingerprint density at radius 1 is 1.47 bits per heavy atom. The van der Waals surface area contributed by atoms with E-state index in [9.17, 15) is 5.11 Å². The van der Waals surface area contributed by atoms with Gasteiger partial charge < -0.3 is 19.9 Å². The molecule has 0 saturated carbocycles. The highest BCUT2D eigenvalue weighted by molar-refractivity contribution is 4.68. The monoisotopic (exact) mass is 245 g/mol. The normalized spacial score (nSPS) is 22.9. The quantitative estimate of drug-likeness (QED) is 0.707. The van der Waals surface area contributed by atoms with Crippen molar-refractivity contribution in [3.8, 4) is 0 Å². The molecule has 1 aliphatic heterocycles. The molecule has 4 nitrogen and oxygen atoms in total. The Labute approximate surface area is 105 Å². The van der Waals surface area contributed by atoms with Gasteiger partial charge in [-0.25, -0.2) is 0 Å². The summed E-state index contributed by atoms with van der Waals surface area (Å²) in [7, 11) is 0. The lowest BCUT2D eigenvalue weighted by molar-refractivity contribution is -0.0167. The molecular formula is C13H27NO3. The lowest BCUT2D eigenvalue weighted by Gasteiger charge is -2.20. The second-order valence-corrected chi connectivity index (χ2v) is 6.02. The van der Waals surface area contributed by atoms with Gasteiger partial charge in [-0.1, -0.05) is 20.8 Å². The summed E-state index contributed by atoms with van der Waals surface area (Å²) in [4.78, 5) is 0. The third-order valence-corrected chi connectivity index (χ3v) is 2.67. The molecule has 0 amide bonds. The van der Waals surface area contributed by atoms with E-state index < -0.39 is 6.10 Å².